The molecule has 0 unspecified atom stereocenters. The number of aromatic nitrogens is 1. The molecule has 0 amide bonds. The summed E-state index contributed by atoms with van der Waals surface area (Å²) in [6, 6.07) is 5.05. The third-order valence-electron chi connectivity index (χ3n) is 2.66. The van der Waals surface area contributed by atoms with Gasteiger partial charge in [-0.25, -0.2) is 9.37 Å². The number of thiazole rings is 1. The van der Waals surface area contributed by atoms with E-state index in [1.165, 1.54) is 11.3 Å². The van der Waals surface area contributed by atoms with Crippen molar-refractivity contribution in [2.75, 3.05) is 5.73 Å². The van der Waals surface area contributed by atoms with Gasteiger partial charge in [0, 0.05) is 11.3 Å². The number of nitrogens with two attached hydrogens (primary N) is 1. The summed E-state index contributed by atoms with van der Waals surface area (Å²) in [7, 11) is 0. The van der Waals surface area contributed by atoms with Crippen molar-refractivity contribution in [3.05, 3.63) is 45.2 Å². The van der Waals surface area contributed by atoms with Gasteiger partial charge in [-0.1, -0.05) is 37.1 Å². The summed E-state index contributed by atoms with van der Waals surface area (Å²) in [6.45, 7) is 2.08. The molecule has 0 saturated heterocycles. The third-order valence-corrected chi connectivity index (χ3v) is 3.88. The van der Waals surface area contributed by atoms with E-state index in [2.05, 4.69) is 11.9 Å². The second-order valence-corrected chi connectivity index (χ2v) is 5.58. The highest BCUT2D eigenvalue weighted by molar-refractivity contribution is 7.15. The number of benzene rings is 1. The maximum atomic E-state index is 13.8. The number of rotatable bonds is 4. The van der Waals surface area contributed by atoms with Gasteiger partial charge in [-0.15, -0.1) is 11.3 Å². The van der Waals surface area contributed by atoms with Crippen LogP contribution in [0.2, 0.25) is 5.02 Å². The number of nitrogen functional groups attached to an aromatic ring is 1. The van der Waals surface area contributed by atoms with Gasteiger partial charge in [0.1, 0.15) is 5.82 Å². The Labute approximate surface area is 115 Å². The van der Waals surface area contributed by atoms with Crippen LogP contribution in [0.4, 0.5) is 9.52 Å². The van der Waals surface area contributed by atoms with Crippen molar-refractivity contribution in [2.45, 2.75) is 26.2 Å². The van der Waals surface area contributed by atoms with E-state index >= 15 is 0 Å². The van der Waals surface area contributed by atoms with Crippen LogP contribution in [0.15, 0.2) is 18.2 Å². The average Bonchev–Trinajstić information content (AvgIpc) is 2.66. The molecule has 2 rings (SSSR count). The molecular formula is C13H14ClFN2S. The van der Waals surface area contributed by atoms with E-state index in [-0.39, 0.29) is 10.8 Å². The Morgan fingerprint density at radius 2 is 2.22 bits per heavy atom. The monoisotopic (exact) mass is 284 g/mol. The fourth-order valence-corrected chi connectivity index (χ4v) is 2.93. The van der Waals surface area contributed by atoms with Crippen LogP contribution in [-0.4, -0.2) is 4.98 Å². The maximum absolute atomic E-state index is 13.8. The van der Waals surface area contributed by atoms with Gasteiger partial charge in [-0.3, -0.25) is 0 Å². The minimum Gasteiger partial charge on any atom is -0.375 e. The molecule has 5 heteroatoms. The summed E-state index contributed by atoms with van der Waals surface area (Å²) in [4.78, 5) is 5.31. The largest absolute Gasteiger partial charge is 0.375 e. The SMILES string of the molecule is CCCc1nc(N)sc1Cc1cccc(Cl)c1F. The molecule has 0 aliphatic carbocycles. The van der Waals surface area contributed by atoms with Crippen LogP contribution >= 0.6 is 22.9 Å². The summed E-state index contributed by atoms with van der Waals surface area (Å²) in [6.07, 6.45) is 2.36. The molecule has 1 aromatic carbocycles. The molecule has 18 heavy (non-hydrogen) atoms. The van der Waals surface area contributed by atoms with Crippen LogP contribution < -0.4 is 5.73 Å². The van der Waals surface area contributed by atoms with Gasteiger partial charge >= 0.3 is 0 Å². The Morgan fingerprint density at radius 1 is 1.44 bits per heavy atom. The number of aryl methyl sites for hydroxylation is 1. The third kappa shape index (κ3) is 2.82. The average molecular weight is 285 g/mol. The second kappa shape index (κ2) is 5.67. The Hall–Kier alpha value is -1.13. The van der Waals surface area contributed by atoms with Crippen molar-refractivity contribution in [1.29, 1.82) is 0 Å². The van der Waals surface area contributed by atoms with Crippen LogP contribution in [0.25, 0.3) is 0 Å². The number of nitrogens with zero attached hydrogens (tertiary/aromatic N) is 1. The topological polar surface area (TPSA) is 38.9 Å². The number of anilines is 1. The van der Waals surface area contributed by atoms with E-state index in [9.17, 15) is 4.39 Å². The van der Waals surface area contributed by atoms with Gasteiger partial charge < -0.3 is 5.73 Å². The Balaban J connectivity index is 2.30. The molecule has 2 aromatic rings. The Bertz CT molecular complexity index is 554. The molecule has 0 atom stereocenters. The first-order valence-electron chi connectivity index (χ1n) is 5.78. The first kappa shape index (κ1) is 13.3. The van der Waals surface area contributed by atoms with Crippen molar-refractivity contribution < 1.29 is 4.39 Å². The number of halogens is 2. The minimum atomic E-state index is -0.353. The highest BCUT2D eigenvalue weighted by Crippen LogP contribution is 2.27. The predicted octanol–water partition coefficient (Wildman–Crippen LogP) is 4.06. The fraction of sp³-hybridized carbons (Fsp3) is 0.308. The highest BCUT2D eigenvalue weighted by Gasteiger charge is 2.13. The zero-order chi connectivity index (χ0) is 13.1. The van der Waals surface area contributed by atoms with E-state index in [4.69, 9.17) is 17.3 Å². The normalized spacial score (nSPS) is 10.8. The zero-order valence-corrected chi connectivity index (χ0v) is 11.6. The van der Waals surface area contributed by atoms with Crippen LogP contribution in [0.3, 0.4) is 0 Å². The van der Waals surface area contributed by atoms with Crippen LogP contribution in [-0.2, 0) is 12.8 Å². The van der Waals surface area contributed by atoms with Crippen molar-refractivity contribution >= 4 is 28.1 Å². The predicted molar refractivity (Wildman–Crippen MR) is 74.7 cm³/mol. The van der Waals surface area contributed by atoms with Gasteiger partial charge in [0.05, 0.1) is 10.7 Å². The summed E-state index contributed by atoms with van der Waals surface area (Å²) >= 11 is 7.19. The molecular weight excluding hydrogens is 271 g/mol. The van der Waals surface area contributed by atoms with Crippen molar-refractivity contribution in [3.63, 3.8) is 0 Å². The molecule has 96 valence electrons. The fourth-order valence-electron chi connectivity index (χ4n) is 1.83. The molecule has 0 radical (unpaired) electrons. The molecule has 0 saturated carbocycles. The quantitative estimate of drug-likeness (QED) is 0.919. The first-order chi connectivity index (χ1) is 8.61. The molecule has 0 aliphatic rings. The molecule has 2 N–H and O–H groups in total. The Kier molecular flexibility index (Phi) is 4.19. The summed E-state index contributed by atoms with van der Waals surface area (Å²) in [5.74, 6) is -0.353. The second-order valence-electron chi connectivity index (χ2n) is 4.06. The highest BCUT2D eigenvalue weighted by atomic mass is 35.5. The van der Waals surface area contributed by atoms with E-state index in [1.54, 1.807) is 18.2 Å². The van der Waals surface area contributed by atoms with Gasteiger partial charge in [0.25, 0.3) is 0 Å². The Morgan fingerprint density at radius 3 is 2.94 bits per heavy atom. The van der Waals surface area contributed by atoms with E-state index in [0.717, 1.165) is 23.4 Å². The standard InChI is InChI=1S/C13H14ClFN2S/c1-2-4-10-11(18-13(16)17-10)7-8-5-3-6-9(14)12(8)15/h3,5-6H,2,4,7H2,1H3,(H2,16,17). The molecule has 0 bridgehead atoms. The lowest BCUT2D eigenvalue weighted by Crippen LogP contribution is -1.95. The maximum Gasteiger partial charge on any atom is 0.180 e. The zero-order valence-electron chi connectivity index (χ0n) is 10.0. The van der Waals surface area contributed by atoms with Crippen molar-refractivity contribution in [1.82, 2.24) is 4.98 Å². The minimum absolute atomic E-state index is 0.155. The van der Waals surface area contributed by atoms with Crippen molar-refractivity contribution in [2.24, 2.45) is 0 Å². The summed E-state index contributed by atoms with van der Waals surface area (Å²) in [5.41, 5.74) is 7.28. The van der Waals surface area contributed by atoms with Crippen molar-refractivity contribution in [3.8, 4) is 0 Å². The van der Waals surface area contributed by atoms with E-state index in [1.807, 2.05) is 0 Å². The summed E-state index contributed by atoms with van der Waals surface area (Å²) in [5, 5.41) is 0.693. The molecule has 1 heterocycles. The lowest BCUT2D eigenvalue weighted by molar-refractivity contribution is 0.614. The molecule has 0 fully saturated rings. The molecule has 0 spiro atoms. The molecule has 0 aliphatic heterocycles. The van der Waals surface area contributed by atoms with Gasteiger partial charge in [0.15, 0.2) is 5.13 Å². The lowest BCUT2D eigenvalue weighted by Gasteiger charge is -2.04. The summed E-state index contributed by atoms with van der Waals surface area (Å²) < 4.78 is 13.8. The molecule has 2 nitrogen and oxygen atoms in total. The smallest absolute Gasteiger partial charge is 0.180 e. The van der Waals surface area contributed by atoms with Gasteiger partial charge in [0.2, 0.25) is 0 Å². The van der Waals surface area contributed by atoms with Crippen LogP contribution in [0.1, 0.15) is 29.5 Å². The molecule has 1 aromatic heterocycles. The first-order valence-corrected chi connectivity index (χ1v) is 6.98. The van der Waals surface area contributed by atoms with E-state index < -0.39 is 0 Å². The number of hydrogen-bond acceptors (Lipinski definition) is 3. The van der Waals surface area contributed by atoms with Crippen LogP contribution in [0, 0.1) is 5.82 Å². The lowest BCUT2D eigenvalue weighted by atomic mass is 10.1. The van der Waals surface area contributed by atoms with E-state index in [0.29, 0.717) is 17.1 Å². The number of hydrogen-bond donors (Lipinski definition) is 1. The van der Waals surface area contributed by atoms with Gasteiger partial charge in [-0.05, 0) is 18.1 Å². The van der Waals surface area contributed by atoms with Crippen LogP contribution in [0.5, 0.6) is 0 Å². The van der Waals surface area contributed by atoms with Gasteiger partial charge in [-0.2, -0.15) is 0 Å².